The number of likely N-dealkylation sites (tertiary alicyclic amines) is 1. The number of aliphatic hydroxyl groups is 1. The van der Waals surface area contributed by atoms with Crippen LogP contribution in [0.1, 0.15) is 28.8 Å². The number of fused-ring (bicyclic) bond motifs is 1. The van der Waals surface area contributed by atoms with E-state index in [0.29, 0.717) is 36.3 Å². The Morgan fingerprint density at radius 2 is 1.96 bits per heavy atom. The largest absolute Gasteiger partial charge is 0.444 e. The van der Waals surface area contributed by atoms with Gasteiger partial charge in [-0.2, -0.15) is 0 Å². The van der Waals surface area contributed by atoms with E-state index in [-0.39, 0.29) is 12.5 Å². The van der Waals surface area contributed by atoms with Gasteiger partial charge in [-0.25, -0.2) is 0 Å². The van der Waals surface area contributed by atoms with Gasteiger partial charge in [0.25, 0.3) is 5.91 Å². The maximum Gasteiger partial charge on any atom is 0.253 e. The lowest BCUT2D eigenvalue weighted by Crippen LogP contribution is -2.39. The van der Waals surface area contributed by atoms with Gasteiger partial charge >= 0.3 is 0 Å². The molecule has 6 heteroatoms. The Bertz CT molecular complexity index is 977. The molecule has 0 unspecified atom stereocenters. The second-order valence-electron chi connectivity index (χ2n) is 7.20. The molecule has 0 aliphatic carbocycles. The van der Waals surface area contributed by atoms with Crippen LogP contribution in [0.15, 0.2) is 52.9 Å². The number of benzene rings is 2. The first-order valence-corrected chi connectivity index (χ1v) is 9.93. The molecule has 0 bridgehead atoms. The number of nitrogens with one attached hydrogen (secondary N) is 1. The number of hydrogen-bond donors (Lipinski definition) is 2. The Labute approximate surface area is 168 Å². The topological polar surface area (TPSA) is 65.7 Å². The van der Waals surface area contributed by atoms with Gasteiger partial charge in [-0.1, -0.05) is 24.3 Å². The molecule has 1 aliphatic heterocycles. The normalized spacial score (nSPS) is 15.1. The number of hydrogen-bond acceptors (Lipinski definition) is 4. The average molecular weight is 399 g/mol. The van der Waals surface area contributed by atoms with Crippen LogP contribution >= 0.6 is 11.6 Å². The number of rotatable bonds is 5. The van der Waals surface area contributed by atoms with Crippen molar-refractivity contribution in [2.45, 2.75) is 19.4 Å². The highest BCUT2D eigenvalue weighted by Gasteiger charge is 2.23. The van der Waals surface area contributed by atoms with Crippen molar-refractivity contribution in [3.63, 3.8) is 0 Å². The fraction of sp³-hybridized carbons (Fsp3) is 0.318. The lowest BCUT2D eigenvalue weighted by Gasteiger charge is -2.31. The van der Waals surface area contributed by atoms with E-state index in [9.17, 15) is 9.90 Å². The first kappa shape index (κ1) is 18.8. The third-order valence-electron chi connectivity index (χ3n) is 5.39. The Kier molecular flexibility index (Phi) is 5.55. The number of piperidine rings is 1. The summed E-state index contributed by atoms with van der Waals surface area (Å²) in [6, 6.07) is 15.3. The summed E-state index contributed by atoms with van der Waals surface area (Å²) in [5.74, 6) is 0.346. The summed E-state index contributed by atoms with van der Waals surface area (Å²) in [7, 11) is 0. The van der Waals surface area contributed by atoms with Gasteiger partial charge in [0.1, 0.15) is 5.58 Å². The van der Waals surface area contributed by atoms with E-state index in [0.717, 1.165) is 35.1 Å². The van der Waals surface area contributed by atoms with Gasteiger partial charge in [-0.05, 0) is 54.6 Å². The molecule has 1 amide bonds. The second-order valence-corrected chi connectivity index (χ2v) is 7.55. The molecule has 28 heavy (non-hydrogen) atoms. The number of nitrogens with zero attached hydrogens (tertiary/aromatic N) is 1. The highest BCUT2D eigenvalue weighted by molar-refractivity contribution is 6.30. The molecule has 0 saturated carbocycles. The van der Waals surface area contributed by atoms with E-state index in [1.165, 1.54) is 0 Å². The fourth-order valence-corrected chi connectivity index (χ4v) is 3.94. The quantitative estimate of drug-likeness (QED) is 0.662. The number of halogens is 1. The minimum absolute atomic E-state index is 0.0341. The summed E-state index contributed by atoms with van der Waals surface area (Å²) >= 11 is 6.26. The van der Waals surface area contributed by atoms with Crippen molar-refractivity contribution < 1.29 is 14.3 Å². The molecule has 2 N–H and O–H groups in total. The first-order valence-electron chi connectivity index (χ1n) is 9.55. The zero-order chi connectivity index (χ0) is 19.5. The van der Waals surface area contributed by atoms with Crippen molar-refractivity contribution in [3.05, 3.63) is 64.9 Å². The minimum atomic E-state index is 0.0341. The fourth-order valence-electron chi connectivity index (χ4n) is 3.69. The molecule has 5 nitrogen and oxygen atoms in total. The van der Waals surface area contributed by atoms with Gasteiger partial charge in [0.05, 0.1) is 0 Å². The molecular formula is C22H23ClN2O3. The van der Waals surface area contributed by atoms with Crippen LogP contribution in [0.2, 0.25) is 5.22 Å². The summed E-state index contributed by atoms with van der Waals surface area (Å²) in [5, 5.41) is 14.0. The van der Waals surface area contributed by atoms with Crippen molar-refractivity contribution in [1.82, 2.24) is 4.90 Å². The molecule has 0 radical (unpaired) electrons. The van der Waals surface area contributed by atoms with Crippen LogP contribution in [-0.2, 0) is 6.54 Å². The van der Waals surface area contributed by atoms with Crippen molar-refractivity contribution in [1.29, 1.82) is 0 Å². The van der Waals surface area contributed by atoms with E-state index >= 15 is 0 Å². The second kappa shape index (κ2) is 8.25. The summed E-state index contributed by atoms with van der Waals surface area (Å²) in [6.45, 7) is 2.10. The third kappa shape index (κ3) is 3.86. The SMILES string of the molecule is O=C(c1cccc(NCc2c(Cl)oc3ccccc23)c1)N1CCC(CO)CC1. The van der Waals surface area contributed by atoms with Crippen LogP contribution in [0.4, 0.5) is 5.69 Å². The molecule has 1 aromatic heterocycles. The smallest absolute Gasteiger partial charge is 0.253 e. The predicted octanol–water partition coefficient (Wildman–Crippen LogP) is 4.54. The summed E-state index contributed by atoms with van der Waals surface area (Å²) in [5.41, 5.74) is 3.19. The average Bonchev–Trinajstić information content (AvgIpc) is 3.07. The van der Waals surface area contributed by atoms with Crippen LogP contribution in [0.25, 0.3) is 11.0 Å². The highest BCUT2D eigenvalue weighted by atomic mass is 35.5. The Morgan fingerprint density at radius 3 is 2.75 bits per heavy atom. The van der Waals surface area contributed by atoms with Gasteiger partial charge in [0.2, 0.25) is 0 Å². The summed E-state index contributed by atoms with van der Waals surface area (Å²) in [6.07, 6.45) is 1.71. The number of carbonyl (C=O) groups is 1. The van der Waals surface area contributed by atoms with E-state index in [1.807, 2.05) is 53.4 Å². The van der Waals surface area contributed by atoms with Crippen LogP contribution in [-0.4, -0.2) is 35.6 Å². The molecule has 1 aliphatic rings. The lowest BCUT2D eigenvalue weighted by atomic mass is 9.97. The molecule has 3 aromatic rings. The zero-order valence-corrected chi connectivity index (χ0v) is 16.3. The van der Waals surface area contributed by atoms with E-state index < -0.39 is 0 Å². The number of anilines is 1. The number of amides is 1. The molecular weight excluding hydrogens is 376 g/mol. The molecule has 4 rings (SSSR count). The van der Waals surface area contributed by atoms with Gasteiger partial charge in [-0.15, -0.1) is 0 Å². The van der Waals surface area contributed by atoms with Crippen molar-refractivity contribution in [2.75, 3.05) is 25.0 Å². The molecule has 0 spiro atoms. The Morgan fingerprint density at radius 1 is 1.18 bits per heavy atom. The first-order chi connectivity index (χ1) is 13.7. The lowest BCUT2D eigenvalue weighted by molar-refractivity contribution is 0.0651. The maximum atomic E-state index is 12.8. The van der Waals surface area contributed by atoms with Gasteiger partial charge < -0.3 is 19.7 Å². The number of furan rings is 1. The van der Waals surface area contributed by atoms with Crippen LogP contribution in [0.3, 0.4) is 0 Å². The number of carbonyl (C=O) groups excluding carboxylic acids is 1. The van der Waals surface area contributed by atoms with E-state index in [2.05, 4.69) is 5.32 Å². The van der Waals surface area contributed by atoms with Crippen LogP contribution in [0, 0.1) is 5.92 Å². The van der Waals surface area contributed by atoms with Gasteiger partial charge in [0, 0.05) is 48.4 Å². The molecule has 1 fully saturated rings. The number of para-hydroxylation sites is 1. The monoisotopic (exact) mass is 398 g/mol. The predicted molar refractivity (Wildman–Crippen MR) is 111 cm³/mol. The molecule has 2 heterocycles. The Hall–Kier alpha value is -2.50. The van der Waals surface area contributed by atoms with Gasteiger partial charge in [-0.3, -0.25) is 4.79 Å². The molecule has 1 saturated heterocycles. The van der Waals surface area contributed by atoms with Gasteiger partial charge in [0.15, 0.2) is 5.22 Å². The molecule has 0 atom stereocenters. The van der Waals surface area contributed by atoms with E-state index in [1.54, 1.807) is 0 Å². The summed E-state index contributed by atoms with van der Waals surface area (Å²) in [4.78, 5) is 14.7. The van der Waals surface area contributed by atoms with E-state index in [4.69, 9.17) is 16.0 Å². The molecule has 2 aromatic carbocycles. The van der Waals surface area contributed by atoms with Crippen LogP contribution in [0.5, 0.6) is 0 Å². The maximum absolute atomic E-state index is 12.8. The zero-order valence-electron chi connectivity index (χ0n) is 15.5. The summed E-state index contributed by atoms with van der Waals surface area (Å²) < 4.78 is 5.59. The molecule has 146 valence electrons. The minimum Gasteiger partial charge on any atom is -0.444 e. The Balaban J connectivity index is 1.45. The number of aliphatic hydroxyl groups excluding tert-OH is 1. The van der Waals surface area contributed by atoms with Crippen LogP contribution < -0.4 is 5.32 Å². The van der Waals surface area contributed by atoms with Crippen molar-refractivity contribution in [3.8, 4) is 0 Å². The van der Waals surface area contributed by atoms with Crippen molar-refractivity contribution in [2.24, 2.45) is 5.92 Å². The van der Waals surface area contributed by atoms with Crippen molar-refractivity contribution >= 4 is 34.2 Å². The third-order valence-corrected chi connectivity index (χ3v) is 5.69. The standard InChI is InChI=1S/C22H23ClN2O3/c23-21-19(18-6-1-2-7-20(18)28-21)13-24-17-5-3-4-16(12-17)22(27)25-10-8-15(14-26)9-11-25/h1-7,12,15,24,26H,8-11,13-14H2. The highest BCUT2D eigenvalue weighted by Crippen LogP contribution is 2.30.